The highest BCUT2D eigenvalue weighted by Crippen LogP contribution is 2.07. The average molecular weight is 253 g/mol. The normalized spacial score (nSPS) is 15.1. The van der Waals surface area contributed by atoms with Gasteiger partial charge in [0.1, 0.15) is 4.83 Å². The molecule has 0 aliphatic heterocycles. The van der Waals surface area contributed by atoms with E-state index in [9.17, 15) is 4.79 Å². The molecule has 0 fully saturated rings. The van der Waals surface area contributed by atoms with E-state index in [1.54, 1.807) is 7.11 Å². The van der Waals surface area contributed by atoms with Crippen LogP contribution in [0.1, 0.15) is 26.7 Å². The molecule has 13 heavy (non-hydrogen) atoms. The number of methoxy groups -OCH3 is 1. The molecule has 2 unspecified atom stereocenters. The molecule has 0 N–H and O–H groups in total. The molecule has 0 radical (unpaired) electrons. The van der Waals surface area contributed by atoms with E-state index in [0.29, 0.717) is 6.61 Å². The Balaban J connectivity index is 3.47. The van der Waals surface area contributed by atoms with Crippen LogP contribution in [0, 0.1) is 0 Å². The van der Waals surface area contributed by atoms with Gasteiger partial charge in [-0.3, -0.25) is 4.79 Å². The van der Waals surface area contributed by atoms with E-state index in [1.165, 1.54) is 0 Å². The molecule has 0 aliphatic carbocycles. The summed E-state index contributed by atoms with van der Waals surface area (Å²) in [7, 11) is 1.64. The first-order valence-electron chi connectivity index (χ1n) is 4.45. The van der Waals surface area contributed by atoms with E-state index in [-0.39, 0.29) is 16.9 Å². The third-order valence-electron chi connectivity index (χ3n) is 1.79. The molecule has 0 rings (SSSR count). The van der Waals surface area contributed by atoms with Crippen molar-refractivity contribution in [3.63, 3.8) is 0 Å². The van der Waals surface area contributed by atoms with Gasteiger partial charge in [0.2, 0.25) is 0 Å². The number of hydrogen-bond acceptors (Lipinski definition) is 3. The third-order valence-corrected chi connectivity index (χ3v) is 2.81. The summed E-state index contributed by atoms with van der Waals surface area (Å²) in [6.45, 7) is 4.30. The number of halogens is 1. The molecule has 0 aliphatic rings. The van der Waals surface area contributed by atoms with Gasteiger partial charge in [-0.05, 0) is 13.3 Å². The van der Waals surface area contributed by atoms with Crippen LogP contribution in [-0.4, -0.2) is 30.6 Å². The fraction of sp³-hybridized carbons (Fsp3) is 0.889. The summed E-state index contributed by atoms with van der Waals surface area (Å²) < 4.78 is 10.0. The molecule has 0 saturated heterocycles. The molecule has 4 heteroatoms. The van der Waals surface area contributed by atoms with Crippen molar-refractivity contribution < 1.29 is 14.3 Å². The molecule has 0 aromatic carbocycles. The first-order chi connectivity index (χ1) is 6.11. The average Bonchev–Trinajstić information content (AvgIpc) is 2.15. The number of hydrogen-bond donors (Lipinski definition) is 0. The Morgan fingerprint density at radius 1 is 1.54 bits per heavy atom. The summed E-state index contributed by atoms with van der Waals surface area (Å²) in [6.07, 6.45) is 1.63. The van der Waals surface area contributed by atoms with Crippen molar-refractivity contribution in [1.29, 1.82) is 0 Å². The van der Waals surface area contributed by atoms with Crippen LogP contribution < -0.4 is 0 Å². The summed E-state index contributed by atoms with van der Waals surface area (Å²) >= 11 is 3.22. The molecule has 2 atom stereocenters. The molecule has 78 valence electrons. The molecule has 0 spiro atoms. The number of carbonyl (C=O) groups is 1. The lowest BCUT2D eigenvalue weighted by Gasteiger charge is -2.11. The van der Waals surface area contributed by atoms with E-state index in [4.69, 9.17) is 9.47 Å². The van der Waals surface area contributed by atoms with E-state index in [0.717, 1.165) is 12.8 Å². The number of alkyl halides is 1. The van der Waals surface area contributed by atoms with Crippen molar-refractivity contribution in [2.24, 2.45) is 0 Å². The Bertz CT molecular complexity index is 150. The van der Waals surface area contributed by atoms with Gasteiger partial charge >= 0.3 is 5.97 Å². The number of carbonyl (C=O) groups excluding carboxylic acids is 1. The van der Waals surface area contributed by atoms with Crippen molar-refractivity contribution in [3.8, 4) is 0 Å². The van der Waals surface area contributed by atoms with Crippen molar-refractivity contribution in [2.45, 2.75) is 37.6 Å². The number of ether oxygens (including phenoxy) is 2. The van der Waals surface area contributed by atoms with E-state index >= 15 is 0 Å². The highest BCUT2D eigenvalue weighted by atomic mass is 79.9. The highest BCUT2D eigenvalue weighted by Gasteiger charge is 2.13. The molecule has 0 bridgehead atoms. The Hall–Kier alpha value is -0.0900. The summed E-state index contributed by atoms with van der Waals surface area (Å²) in [4.78, 5) is 11.0. The second kappa shape index (κ2) is 7.33. The standard InChI is InChI=1S/C9H17BrO3/c1-4-8(10)9(11)13-6-5-7(2)12-3/h7-8H,4-6H2,1-3H3. The molecular weight excluding hydrogens is 236 g/mol. The quantitative estimate of drug-likeness (QED) is 0.537. The lowest BCUT2D eigenvalue weighted by atomic mass is 10.3. The summed E-state index contributed by atoms with van der Waals surface area (Å²) in [6, 6.07) is 0. The van der Waals surface area contributed by atoms with Gasteiger partial charge in [-0.25, -0.2) is 0 Å². The zero-order chi connectivity index (χ0) is 10.3. The van der Waals surface area contributed by atoms with Crippen LogP contribution in [0.25, 0.3) is 0 Å². The van der Waals surface area contributed by atoms with E-state index < -0.39 is 0 Å². The SMILES string of the molecule is CCC(Br)C(=O)OCCC(C)OC. The fourth-order valence-electron chi connectivity index (χ4n) is 0.700. The predicted molar refractivity (Wildman–Crippen MR) is 55.1 cm³/mol. The van der Waals surface area contributed by atoms with Gasteiger partial charge in [-0.15, -0.1) is 0 Å². The van der Waals surface area contributed by atoms with Crippen molar-refractivity contribution in [1.82, 2.24) is 0 Å². The minimum atomic E-state index is -0.189. The maximum absolute atomic E-state index is 11.1. The van der Waals surface area contributed by atoms with Gasteiger partial charge in [0, 0.05) is 13.5 Å². The molecule has 0 aromatic heterocycles. The fourth-order valence-corrected chi connectivity index (χ4v) is 0.833. The smallest absolute Gasteiger partial charge is 0.319 e. The van der Waals surface area contributed by atoms with Crippen LogP contribution in [-0.2, 0) is 14.3 Å². The zero-order valence-electron chi connectivity index (χ0n) is 8.38. The Morgan fingerprint density at radius 3 is 2.62 bits per heavy atom. The van der Waals surface area contributed by atoms with Gasteiger partial charge < -0.3 is 9.47 Å². The maximum atomic E-state index is 11.1. The minimum absolute atomic E-state index is 0.142. The van der Waals surface area contributed by atoms with Crippen LogP contribution in [0.4, 0.5) is 0 Å². The van der Waals surface area contributed by atoms with Gasteiger partial charge in [-0.1, -0.05) is 22.9 Å². The van der Waals surface area contributed by atoms with Crippen LogP contribution >= 0.6 is 15.9 Å². The Morgan fingerprint density at radius 2 is 2.15 bits per heavy atom. The largest absolute Gasteiger partial charge is 0.465 e. The van der Waals surface area contributed by atoms with E-state index in [2.05, 4.69) is 15.9 Å². The summed E-state index contributed by atoms with van der Waals surface area (Å²) in [5.74, 6) is -0.189. The van der Waals surface area contributed by atoms with Gasteiger partial charge in [0.05, 0.1) is 12.7 Å². The van der Waals surface area contributed by atoms with Crippen molar-refractivity contribution in [3.05, 3.63) is 0 Å². The first-order valence-corrected chi connectivity index (χ1v) is 5.36. The second-order valence-electron chi connectivity index (χ2n) is 2.88. The maximum Gasteiger partial charge on any atom is 0.319 e. The van der Waals surface area contributed by atoms with Crippen molar-refractivity contribution >= 4 is 21.9 Å². The molecule has 0 heterocycles. The minimum Gasteiger partial charge on any atom is -0.465 e. The monoisotopic (exact) mass is 252 g/mol. The summed E-state index contributed by atoms with van der Waals surface area (Å²) in [5.41, 5.74) is 0. The lowest BCUT2D eigenvalue weighted by molar-refractivity contribution is -0.143. The number of rotatable bonds is 6. The van der Waals surface area contributed by atoms with Crippen LogP contribution in [0.2, 0.25) is 0 Å². The second-order valence-corrected chi connectivity index (χ2v) is 3.98. The third kappa shape index (κ3) is 6.05. The Labute approximate surface area is 87.9 Å². The first kappa shape index (κ1) is 12.9. The molecule has 3 nitrogen and oxygen atoms in total. The molecule has 0 aromatic rings. The van der Waals surface area contributed by atoms with Gasteiger partial charge in [0.15, 0.2) is 0 Å². The van der Waals surface area contributed by atoms with Gasteiger partial charge in [0.25, 0.3) is 0 Å². The predicted octanol–water partition coefficient (Wildman–Crippen LogP) is 2.13. The molecule has 0 amide bonds. The highest BCUT2D eigenvalue weighted by molar-refractivity contribution is 9.10. The van der Waals surface area contributed by atoms with Crippen LogP contribution in [0.5, 0.6) is 0 Å². The topological polar surface area (TPSA) is 35.5 Å². The van der Waals surface area contributed by atoms with Gasteiger partial charge in [-0.2, -0.15) is 0 Å². The summed E-state index contributed by atoms with van der Waals surface area (Å²) in [5, 5.41) is 0. The van der Waals surface area contributed by atoms with Crippen LogP contribution in [0.15, 0.2) is 0 Å². The van der Waals surface area contributed by atoms with Crippen LogP contribution in [0.3, 0.4) is 0 Å². The zero-order valence-corrected chi connectivity index (χ0v) is 9.96. The van der Waals surface area contributed by atoms with E-state index in [1.807, 2.05) is 13.8 Å². The molecule has 0 saturated carbocycles. The Kier molecular flexibility index (Phi) is 7.28. The lowest BCUT2D eigenvalue weighted by Crippen LogP contribution is -2.19. The number of esters is 1. The molecular formula is C9H17BrO3. The van der Waals surface area contributed by atoms with Crippen molar-refractivity contribution in [2.75, 3.05) is 13.7 Å².